The van der Waals surface area contributed by atoms with Crippen LogP contribution in [0.25, 0.3) is 0 Å². The smallest absolute Gasteiger partial charge is 0.216 e. The number of fused-ring (bicyclic) bond motifs is 4. The summed E-state index contributed by atoms with van der Waals surface area (Å²) in [6.07, 6.45) is 7.90. The van der Waals surface area contributed by atoms with Crippen molar-refractivity contribution >= 4 is 10.0 Å². The van der Waals surface area contributed by atoms with Crippen molar-refractivity contribution in [3.63, 3.8) is 0 Å². The summed E-state index contributed by atoms with van der Waals surface area (Å²) < 4.78 is 27.7. The number of aromatic hydroxyl groups is 1. The van der Waals surface area contributed by atoms with Gasteiger partial charge in [-0.25, -0.2) is 12.7 Å². The second-order valence-corrected chi connectivity index (χ2v) is 13.0. The van der Waals surface area contributed by atoms with Crippen LogP contribution < -0.4 is 0 Å². The first-order chi connectivity index (χ1) is 15.3. The van der Waals surface area contributed by atoms with Gasteiger partial charge in [0.2, 0.25) is 10.0 Å². The number of likely N-dealkylation sites (N-methyl/N-ethyl adjacent to an activating group) is 2. The van der Waals surface area contributed by atoms with Gasteiger partial charge in [-0.15, -0.1) is 0 Å². The molecule has 3 unspecified atom stereocenters. The van der Waals surface area contributed by atoms with Gasteiger partial charge < -0.3 is 14.9 Å². The number of hydrogen-bond donors (Lipinski definition) is 1. The first kappa shape index (κ1) is 22.6. The Balaban J connectivity index is 1.25. The summed E-state index contributed by atoms with van der Waals surface area (Å²) >= 11 is 0. The van der Waals surface area contributed by atoms with E-state index < -0.39 is 10.0 Å². The first-order valence-corrected chi connectivity index (χ1v) is 14.1. The van der Waals surface area contributed by atoms with Crippen LogP contribution >= 0.6 is 0 Å². The van der Waals surface area contributed by atoms with Gasteiger partial charge in [0.05, 0.1) is 5.25 Å². The molecule has 4 aliphatic rings. The number of nitrogens with zero attached hydrogens (tertiary/aromatic N) is 3. The average molecular weight is 462 g/mol. The Morgan fingerprint density at radius 2 is 1.78 bits per heavy atom. The lowest BCUT2D eigenvalue weighted by Gasteiger charge is -2.52. The van der Waals surface area contributed by atoms with Crippen molar-refractivity contribution in [1.29, 1.82) is 0 Å². The third-order valence-electron chi connectivity index (χ3n) is 8.84. The Morgan fingerprint density at radius 3 is 2.50 bits per heavy atom. The topological polar surface area (TPSA) is 64.1 Å². The molecule has 1 saturated carbocycles. The van der Waals surface area contributed by atoms with E-state index in [4.69, 9.17) is 0 Å². The van der Waals surface area contributed by atoms with Gasteiger partial charge >= 0.3 is 0 Å². The van der Waals surface area contributed by atoms with Crippen LogP contribution in [0.4, 0.5) is 0 Å². The lowest BCUT2D eigenvalue weighted by Crippen LogP contribution is -2.60. The second-order valence-electron chi connectivity index (χ2n) is 10.8. The van der Waals surface area contributed by atoms with Crippen molar-refractivity contribution < 1.29 is 13.5 Å². The Bertz CT molecular complexity index is 922. The summed E-state index contributed by atoms with van der Waals surface area (Å²) in [5.41, 5.74) is 2.73. The third kappa shape index (κ3) is 4.10. The van der Waals surface area contributed by atoms with Crippen LogP contribution in [0.2, 0.25) is 0 Å². The third-order valence-corrected chi connectivity index (χ3v) is 11.2. The van der Waals surface area contributed by atoms with E-state index in [-0.39, 0.29) is 5.25 Å². The van der Waals surface area contributed by atoms with Crippen molar-refractivity contribution in [2.45, 2.75) is 74.6 Å². The minimum Gasteiger partial charge on any atom is -0.508 e. The number of phenols is 1. The maximum Gasteiger partial charge on any atom is 0.216 e. The zero-order valence-corrected chi connectivity index (χ0v) is 20.4. The van der Waals surface area contributed by atoms with Crippen molar-refractivity contribution in [3.8, 4) is 5.75 Å². The van der Waals surface area contributed by atoms with E-state index in [2.05, 4.69) is 30.0 Å². The van der Waals surface area contributed by atoms with E-state index in [1.54, 1.807) is 4.31 Å². The van der Waals surface area contributed by atoms with E-state index in [1.807, 2.05) is 12.1 Å². The number of hydrogen-bond acceptors (Lipinski definition) is 5. The molecule has 7 heteroatoms. The fraction of sp³-hybridized carbons (Fsp3) is 0.760. The average Bonchev–Trinajstić information content (AvgIpc) is 3.32. The van der Waals surface area contributed by atoms with E-state index in [9.17, 15) is 13.5 Å². The molecule has 0 aromatic heterocycles. The van der Waals surface area contributed by atoms with Gasteiger partial charge in [0.1, 0.15) is 5.75 Å². The number of piperidine rings is 2. The van der Waals surface area contributed by atoms with Crippen molar-refractivity contribution in [1.82, 2.24) is 14.1 Å². The minimum atomic E-state index is -3.10. The molecule has 5 rings (SSSR count). The fourth-order valence-corrected chi connectivity index (χ4v) is 9.11. The van der Waals surface area contributed by atoms with Crippen molar-refractivity contribution in [2.75, 3.05) is 40.3 Å². The van der Waals surface area contributed by atoms with Crippen LogP contribution in [-0.2, 0) is 16.4 Å². The zero-order valence-electron chi connectivity index (χ0n) is 19.6. The van der Waals surface area contributed by atoms with Gasteiger partial charge in [0, 0.05) is 37.6 Å². The van der Waals surface area contributed by atoms with Crippen LogP contribution in [-0.4, -0.2) is 85.2 Å². The number of sulfonamides is 1. The molecule has 1 aromatic carbocycles. The predicted molar refractivity (Wildman–Crippen MR) is 127 cm³/mol. The van der Waals surface area contributed by atoms with E-state index >= 15 is 0 Å². The van der Waals surface area contributed by atoms with E-state index in [0.717, 1.165) is 64.5 Å². The maximum atomic E-state index is 13.0. The summed E-state index contributed by atoms with van der Waals surface area (Å²) in [5, 5.41) is 9.99. The molecular weight excluding hydrogens is 422 g/mol. The van der Waals surface area contributed by atoms with Crippen LogP contribution in [0.3, 0.4) is 0 Å². The Kier molecular flexibility index (Phi) is 6.29. The summed E-state index contributed by atoms with van der Waals surface area (Å²) in [6.45, 7) is 3.50. The molecule has 178 valence electrons. The Labute approximate surface area is 193 Å². The predicted octanol–water partition coefficient (Wildman–Crippen LogP) is 3.02. The van der Waals surface area contributed by atoms with Gasteiger partial charge in [-0.3, -0.25) is 0 Å². The van der Waals surface area contributed by atoms with Gasteiger partial charge in [0.25, 0.3) is 0 Å². The van der Waals surface area contributed by atoms with Crippen molar-refractivity contribution in [2.24, 2.45) is 5.92 Å². The molecule has 2 saturated heterocycles. The molecule has 0 radical (unpaired) electrons. The highest BCUT2D eigenvalue weighted by atomic mass is 32.2. The maximum absolute atomic E-state index is 13.0. The highest BCUT2D eigenvalue weighted by Gasteiger charge is 2.44. The molecule has 0 spiro atoms. The SMILES string of the molecule is CN1CCC2c3cc(O)ccc3CC1C2N(C)CC1CCN(S(=O)(=O)C2CCCC2)CC1. The van der Waals surface area contributed by atoms with E-state index in [1.165, 1.54) is 11.1 Å². The molecule has 2 aliphatic heterocycles. The molecule has 1 N–H and O–H groups in total. The molecule has 32 heavy (non-hydrogen) atoms. The quantitative estimate of drug-likeness (QED) is 0.730. The van der Waals surface area contributed by atoms with Crippen LogP contribution in [0, 0.1) is 5.92 Å². The fourth-order valence-electron chi connectivity index (χ4n) is 7.04. The monoisotopic (exact) mass is 461 g/mol. The highest BCUT2D eigenvalue weighted by molar-refractivity contribution is 7.89. The second kappa shape index (κ2) is 8.90. The molecule has 2 bridgehead atoms. The van der Waals surface area contributed by atoms with Crippen molar-refractivity contribution in [3.05, 3.63) is 29.3 Å². The summed E-state index contributed by atoms with van der Waals surface area (Å²) in [4.78, 5) is 5.08. The molecule has 0 amide bonds. The first-order valence-electron chi connectivity index (χ1n) is 12.6. The summed E-state index contributed by atoms with van der Waals surface area (Å²) in [7, 11) is 1.41. The molecule has 3 fully saturated rings. The minimum absolute atomic E-state index is 0.129. The lowest BCUT2D eigenvalue weighted by atomic mass is 9.71. The number of rotatable bonds is 5. The van der Waals surface area contributed by atoms with Crippen LogP contribution in [0.15, 0.2) is 18.2 Å². The lowest BCUT2D eigenvalue weighted by molar-refractivity contribution is 0.0321. The molecule has 2 aliphatic carbocycles. The van der Waals surface area contributed by atoms with Gasteiger partial charge in [-0.05, 0) is 88.3 Å². The standard InChI is InChI=1S/C25H39N3O3S/c1-26-12-11-22-23-16-20(29)8-7-19(23)15-24(26)25(22)27(2)17-18-9-13-28(14-10-18)32(30,31)21-5-3-4-6-21/h7-8,16,18,21-22,24-25,29H,3-6,9-15,17H2,1-2H3. The van der Waals surface area contributed by atoms with Crippen LogP contribution in [0.5, 0.6) is 5.75 Å². The molecule has 6 nitrogen and oxygen atoms in total. The molecule has 1 aromatic rings. The number of benzene rings is 1. The summed E-state index contributed by atoms with van der Waals surface area (Å²) in [6, 6.07) is 6.88. The number of likely N-dealkylation sites (tertiary alicyclic amines) is 1. The highest BCUT2D eigenvalue weighted by Crippen LogP contribution is 2.43. The molecular formula is C25H39N3O3S. The number of phenolic OH excluding ortho intramolecular Hbond substituents is 1. The van der Waals surface area contributed by atoms with Gasteiger partial charge in [0.15, 0.2) is 0 Å². The molecule has 2 heterocycles. The Morgan fingerprint density at radius 1 is 1.06 bits per heavy atom. The normalized spacial score (nSPS) is 30.7. The largest absolute Gasteiger partial charge is 0.508 e. The van der Waals surface area contributed by atoms with E-state index in [0.29, 0.717) is 42.8 Å². The van der Waals surface area contributed by atoms with Crippen LogP contribution in [0.1, 0.15) is 62.0 Å². The van der Waals surface area contributed by atoms with Gasteiger partial charge in [-0.2, -0.15) is 0 Å². The molecule has 3 atom stereocenters. The zero-order chi connectivity index (χ0) is 22.5. The summed E-state index contributed by atoms with van der Waals surface area (Å²) in [5.74, 6) is 1.38. The van der Waals surface area contributed by atoms with Gasteiger partial charge in [-0.1, -0.05) is 18.9 Å². The Hall–Kier alpha value is -1.15.